The second-order valence-corrected chi connectivity index (χ2v) is 15.0. The second-order valence-electron chi connectivity index (χ2n) is 12.5. The standard InChI is InChI=1S/C37H44N4O8S/c1-7-47-32-20-25(10-14-31(32)48-22(2)3)34(49-27-12-13-28-24(19-27)16-17-39-35(28)38)36(42)41-18-8-9-30(41)29-21-26(40-37(43)46-6)11-15-33(29)50(44,45)23(4)5/h10-17,19-23,30,34H,7-9,18H2,1-6H3,(H2,38,39)(H,40,43)/t30-,34+/m1/s1. The van der Waals surface area contributed by atoms with Gasteiger partial charge in [-0.25, -0.2) is 18.2 Å². The summed E-state index contributed by atoms with van der Waals surface area (Å²) in [6.45, 7) is 9.63. The fourth-order valence-corrected chi connectivity index (χ4v) is 7.32. The first-order chi connectivity index (χ1) is 23.8. The zero-order valence-corrected chi connectivity index (χ0v) is 30.0. The molecule has 1 aromatic heterocycles. The van der Waals surface area contributed by atoms with Crippen molar-refractivity contribution in [1.29, 1.82) is 0 Å². The average molecular weight is 705 g/mol. The molecule has 1 aliphatic heterocycles. The number of aromatic nitrogens is 1. The Morgan fingerprint density at radius 3 is 2.48 bits per heavy atom. The minimum absolute atomic E-state index is 0.0969. The zero-order valence-electron chi connectivity index (χ0n) is 29.1. The van der Waals surface area contributed by atoms with Gasteiger partial charge in [-0.15, -0.1) is 0 Å². The Labute approximate surface area is 292 Å². The maximum absolute atomic E-state index is 14.8. The smallest absolute Gasteiger partial charge is 0.411 e. The minimum atomic E-state index is -3.78. The van der Waals surface area contributed by atoms with Crippen molar-refractivity contribution in [3.8, 4) is 17.2 Å². The van der Waals surface area contributed by atoms with Crippen LogP contribution in [0.15, 0.2) is 71.8 Å². The van der Waals surface area contributed by atoms with E-state index in [1.165, 1.54) is 19.2 Å². The van der Waals surface area contributed by atoms with E-state index >= 15 is 0 Å². The number of likely N-dealkylation sites (tertiary alicyclic amines) is 1. The molecule has 4 aromatic rings. The molecule has 5 rings (SSSR count). The molecule has 3 N–H and O–H groups in total. The highest BCUT2D eigenvalue weighted by Crippen LogP contribution is 2.41. The number of pyridine rings is 1. The number of fused-ring (bicyclic) bond motifs is 1. The van der Waals surface area contributed by atoms with Crippen molar-refractivity contribution in [2.45, 2.75) is 75.9 Å². The number of hydrogen-bond donors (Lipinski definition) is 2. The third-order valence-corrected chi connectivity index (χ3v) is 10.7. The first kappa shape index (κ1) is 36.2. The number of nitrogens with one attached hydrogen (secondary N) is 1. The van der Waals surface area contributed by atoms with Crippen LogP contribution in [0.4, 0.5) is 16.3 Å². The molecule has 1 saturated heterocycles. The molecule has 2 atom stereocenters. The van der Waals surface area contributed by atoms with Crippen LogP contribution in [0.25, 0.3) is 10.8 Å². The van der Waals surface area contributed by atoms with E-state index < -0.39 is 33.3 Å². The first-order valence-electron chi connectivity index (χ1n) is 16.6. The number of sulfone groups is 1. The molecule has 266 valence electrons. The molecule has 0 spiro atoms. The van der Waals surface area contributed by atoms with Crippen LogP contribution >= 0.6 is 0 Å². The van der Waals surface area contributed by atoms with E-state index in [9.17, 15) is 18.0 Å². The summed E-state index contributed by atoms with van der Waals surface area (Å²) in [5.41, 5.74) is 7.35. The number of nitrogens with two attached hydrogens (primary N) is 1. The first-order valence-corrected chi connectivity index (χ1v) is 18.2. The van der Waals surface area contributed by atoms with Crippen LogP contribution in [0.5, 0.6) is 17.2 Å². The van der Waals surface area contributed by atoms with Gasteiger partial charge < -0.3 is 29.6 Å². The van der Waals surface area contributed by atoms with Crippen LogP contribution in [-0.2, 0) is 19.4 Å². The van der Waals surface area contributed by atoms with Gasteiger partial charge in [0.2, 0.25) is 6.10 Å². The molecule has 0 saturated carbocycles. The van der Waals surface area contributed by atoms with Gasteiger partial charge in [0.1, 0.15) is 11.6 Å². The lowest BCUT2D eigenvalue weighted by atomic mass is 10.0. The number of amides is 2. The van der Waals surface area contributed by atoms with Crippen molar-refractivity contribution in [1.82, 2.24) is 9.88 Å². The van der Waals surface area contributed by atoms with Crippen molar-refractivity contribution < 1.29 is 37.0 Å². The van der Waals surface area contributed by atoms with Gasteiger partial charge >= 0.3 is 6.09 Å². The average Bonchev–Trinajstić information content (AvgIpc) is 3.57. The van der Waals surface area contributed by atoms with E-state index in [0.717, 1.165) is 10.8 Å². The predicted molar refractivity (Wildman–Crippen MR) is 191 cm³/mol. The Kier molecular flexibility index (Phi) is 11.0. The van der Waals surface area contributed by atoms with Crippen LogP contribution in [0.2, 0.25) is 0 Å². The quantitative estimate of drug-likeness (QED) is 0.160. The summed E-state index contributed by atoms with van der Waals surface area (Å²) in [6, 6.07) is 16.4. The predicted octanol–water partition coefficient (Wildman–Crippen LogP) is 6.85. The highest BCUT2D eigenvalue weighted by atomic mass is 32.2. The summed E-state index contributed by atoms with van der Waals surface area (Å²) in [5, 5.41) is 3.43. The number of methoxy groups -OCH3 is 1. The normalized spacial score (nSPS) is 15.3. The Morgan fingerprint density at radius 2 is 1.78 bits per heavy atom. The Balaban J connectivity index is 1.61. The lowest BCUT2D eigenvalue weighted by molar-refractivity contribution is -0.140. The molecule has 2 heterocycles. The number of hydrogen-bond acceptors (Lipinski definition) is 10. The number of benzene rings is 3. The Morgan fingerprint density at radius 1 is 1.00 bits per heavy atom. The zero-order chi connectivity index (χ0) is 36.2. The highest BCUT2D eigenvalue weighted by molar-refractivity contribution is 7.92. The van der Waals surface area contributed by atoms with Gasteiger partial charge in [-0.1, -0.05) is 6.07 Å². The number of rotatable bonds is 12. The third kappa shape index (κ3) is 7.72. The van der Waals surface area contributed by atoms with Gasteiger partial charge in [0.05, 0.1) is 36.0 Å². The Bertz CT molecular complexity index is 1980. The summed E-state index contributed by atoms with van der Waals surface area (Å²) < 4.78 is 50.5. The maximum atomic E-state index is 14.8. The molecule has 50 heavy (non-hydrogen) atoms. The van der Waals surface area contributed by atoms with E-state index in [-0.39, 0.29) is 16.9 Å². The lowest BCUT2D eigenvalue weighted by Crippen LogP contribution is -2.37. The lowest BCUT2D eigenvalue weighted by Gasteiger charge is -2.31. The van der Waals surface area contributed by atoms with E-state index in [0.29, 0.717) is 65.9 Å². The van der Waals surface area contributed by atoms with E-state index in [2.05, 4.69) is 10.3 Å². The third-order valence-electron chi connectivity index (χ3n) is 8.44. The SMILES string of the molecule is CCOc1cc([C@H](Oc2ccc3c(N)nccc3c2)C(=O)N2CCC[C@@H]2c2cc(NC(=O)OC)ccc2S(=O)(=O)C(C)C)ccc1OC(C)C. The van der Waals surface area contributed by atoms with Gasteiger partial charge in [-0.3, -0.25) is 10.1 Å². The number of carbonyl (C=O) groups is 2. The van der Waals surface area contributed by atoms with Gasteiger partial charge in [0.25, 0.3) is 5.91 Å². The molecule has 2 amide bonds. The molecule has 0 bridgehead atoms. The number of anilines is 2. The van der Waals surface area contributed by atoms with E-state index in [1.807, 2.05) is 26.8 Å². The fourth-order valence-electron chi connectivity index (χ4n) is 6.03. The highest BCUT2D eigenvalue weighted by Gasteiger charge is 2.39. The summed E-state index contributed by atoms with van der Waals surface area (Å²) in [7, 11) is -2.53. The van der Waals surface area contributed by atoms with Crippen LogP contribution < -0.4 is 25.3 Å². The fraction of sp³-hybridized carbons (Fsp3) is 0.378. The molecule has 0 radical (unpaired) electrons. The second kappa shape index (κ2) is 15.2. The molecule has 13 heteroatoms. The number of nitrogen functional groups attached to an aromatic ring is 1. The van der Waals surface area contributed by atoms with Crippen molar-refractivity contribution in [2.75, 3.05) is 31.3 Å². The van der Waals surface area contributed by atoms with Crippen LogP contribution in [0, 0.1) is 0 Å². The molecule has 0 aliphatic carbocycles. The Hall–Kier alpha value is -5.04. The summed E-state index contributed by atoms with van der Waals surface area (Å²) >= 11 is 0. The van der Waals surface area contributed by atoms with Crippen molar-refractivity contribution >= 4 is 44.1 Å². The summed E-state index contributed by atoms with van der Waals surface area (Å²) in [6.07, 6.45) is 0.750. The van der Waals surface area contributed by atoms with E-state index in [1.54, 1.807) is 67.4 Å². The molecule has 0 unspecified atom stereocenters. The molecule has 1 fully saturated rings. The van der Waals surface area contributed by atoms with Gasteiger partial charge in [-0.2, -0.15) is 0 Å². The topological polar surface area (TPSA) is 159 Å². The van der Waals surface area contributed by atoms with E-state index in [4.69, 9.17) is 24.7 Å². The number of nitrogens with zero attached hydrogens (tertiary/aromatic N) is 2. The molecule has 1 aliphatic rings. The van der Waals surface area contributed by atoms with Gasteiger partial charge in [0, 0.05) is 29.4 Å². The summed E-state index contributed by atoms with van der Waals surface area (Å²) in [4.78, 5) is 32.8. The van der Waals surface area contributed by atoms with Gasteiger partial charge in [-0.05, 0) is 113 Å². The van der Waals surface area contributed by atoms with Crippen molar-refractivity contribution in [2.24, 2.45) is 0 Å². The van der Waals surface area contributed by atoms with Crippen LogP contribution in [0.1, 0.15) is 70.7 Å². The van der Waals surface area contributed by atoms with Crippen LogP contribution in [0.3, 0.4) is 0 Å². The van der Waals surface area contributed by atoms with Crippen molar-refractivity contribution in [3.05, 3.63) is 78.0 Å². The molecule has 3 aromatic carbocycles. The number of carbonyl (C=O) groups excluding carboxylic acids is 2. The minimum Gasteiger partial charge on any atom is -0.490 e. The van der Waals surface area contributed by atoms with Crippen LogP contribution in [-0.4, -0.2) is 61.9 Å². The molecule has 12 nitrogen and oxygen atoms in total. The maximum Gasteiger partial charge on any atom is 0.411 e. The van der Waals surface area contributed by atoms with Crippen molar-refractivity contribution in [3.63, 3.8) is 0 Å². The molecular weight excluding hydrogens is 660 g/mol. The summed E-state index contributed by atoms with van der Waals surface area (Å²) in [5.74, 6) is 1.41. The molecular formula is C37H44N4O8S. The monoisotopic (exact) mass is 704 g/mol. The van der Waals surface area contributed by atoms with Gasteiger partial charge in [0.15, 0.2) is 21.3 Å². The largest absolute Gasteiger partial charge is 0.490 e. The number of ether oxygens (including phenoxy) is 4.